The van der Waals surface area contributed by atoms with Gasteiger partial charge in [0.25, 0.3) is 0 Å². The predicted octanol–water partition coefficient (Wildman–Crippen LogP) is 2.11. The second kappa shape index (κ2) is 6.17. The van der Waals surface area contributed by atoms with Gasteiger partial charge in [-0.2, -0.15) is 0 Å². The first-order valence-electron chi connectivity index (χ1n) is 6.41. The Kier molecular flexibility index (Phi) is 4.31. The topological polar surface area (TPSA) is 89.3 Å². The maximum atomic E-state index is 13.8. The summed E-state index contributed by atoms with van der Waals surface area (Å²) < 4.78 is 13.8. The van der Waals surface area contributed by atoms with Crippen molar-refractivity contribution >= 4 is 23.3 Å². The van der Waals surface area contributed by atoms with Crippen molar-refractivity contribution in [3.05, 3.63) is 65.0 Å². The van der Waals surface area contributed by atoms with Gasteiger partial charge in [-0.3, -0.25) is 14.4 Å². The van der Waals surface area contributed by atoms with Gasteiger partial charge >= 0.3 is 0 Å². The van der Waals surface area contributed by atoms with E-state index in [1.165, 1.54) is 43.3 Å². The van der Waals surface area contributed by atoms with Crippen LogP contribution in [-0.4, -0.2) is 17.6 Å². The number of halogens is 1. The van der Waals surface area contributed by atoms with E-state index in [1.54, 1.807) is 0 Å². The summed E-state index contributed by atoms with van der Waals surface area (Å²) >= 11 is 0. The minimum atomic E-state index is -0.725. The minimum Gasteiger partial charge on any atom is -0.366 e. The van der Waals surface area contributed by atoms with Crippen molar-refractivity contribution in [3.63, 3.8) is 0 Å². The number of primary amides is 1. The molecule has 2 amide bonds. The molecule has 6 heteroatoms. The van der Waals surface area contributed by atoms with E-state index < -0.39 is 23.4 Å². The summed E-state index contributed by atoms with van der Waals surface area (Å²) in [5.74, 6) is -2.46. The summed E-state index contributed by atoms with van der Waals surface area (Å²) in [6, 6.07) is 9.46. The van der Waals surface area contributed by atoms with E-state index in [0.717, 1.165) is 6.07 Å². The van der Waals surface area contributed by atoms with Crippen molar-refractivity contribution in [1.29, 1.82) is 0 Å². The van der Waals surface area contributed by atoms with Gasteiger partial charge in [-0.15, -0.1) is 0 Å². The number of carbonyl (C=O) groups excluding carboxylic acids is 3. The SMILES string of the molecule is CC(=O)Nc1ccc(C(N)=O)cc1C(=O)c1ccccc1F. The van der Waals surface area contributed by atoms with Gasteiger partial charge in [0.2, 0.25) is 11.8 Å². The van der Waals surface area contributed by atoms with Crippen LogP contribution >= 0.6 is 0 Å². The average Bonchev–Trinajstić information content (AvgIpc) is 2.46. The summed E-state index contributed by atoms with van der Waals surface area (Å²) in [6.45, 7) is 1.28. The molecular formula is C16H13FN2O3. The Bertz CT molecular complexity index is 772. The van der Waals surface area contributed by atoms with Crippen LogP contribution < -0.4 is 11.1 Å². The zero-order valence-electron chi connectivity index (χ0n) is 11.7. The molecule has 0 spiro atoms. The molecule has 0 saturated heterocycles. The third-order valence-electron chi connectivity index (χ3n) is 2.98. The van der Waals surface area contributed by atoms with E-state index in [9.17, 15) is 18.8 Å². The Morgan fingerprint density at radius 1 is 1.05 bits per heavy atom. The Labute approximate surface area is 125 Å². The molecule has 2 rings (SSSR count). The summed E-state index contributed by atoms with van der Waals surface area (Å²) in [7, 11) is 0. The number of nitrogens with one attached hydrogen (secondary N) is 1. The van der Waals surface area contributed by atoms with Crippen LogP contribution in [0.4, 0.5) is 10.1 Å². The lowest BCUT2D eigenvalue weighted by molar-refractivity contribution is -0.114. The highest BCUT2D eigenvalue weighted by Gasteiger charge is 2.19. The van der Waals surface area contributed by atoms with Gasteiger partial charge in [0, 0.05) is 18.1 Å². The molecule has 3 N–H and O–H groups in total. The molecular weight excluding hydrogens is 287 g/mol. The lowest BCUT2D eigenvalue weighted by Gasteiger charge is -2.11. The van der Waals surface area contributed by atoms with E-state index in [4.69, 9.17) is 5.73 Å². The van der Waals surface area contributed by atoms with Gasteiger partial charge in [-0.25, -0.2) is 4.39 Å². The fourth-order valence-electron chi connectivity index (χ4n) is 1.97. The number of anilines is 1. The Balaban J connectivity index is 2.57. The Morgan fingerprint density at radius 3 is 2.32 bits per heavy atom. The Morgan fingerprint density at radius 2 is 1.73 bits per heavy atom. The lowest BCUT2D eigenvalue weighted by atomic mass is 9.98. The number of hydrogen-bond donors (Lipinski definition) is 2. The third kappa shape index (κ3) is 3.17. The third-order valence-corrected chi connectivity index (χ3v) is 2.98. The highest BCUT2D eigenvalue weighted by molar-refractivity contribution is 6.15. The molecule has 0 aliphatic rings. The largest absolute Gasteiger partial charge is 0.366 e. The average molecular weight is 300 g/mol. The first-order valence-corrected chi connectivity index (χ1v) is 6.41. The van der Waals surface area contributed by atoms with E-state index in [0.29, 0.717) is 0 Å². The Hall–Kier alpha value is -3.02. The molecule has 22 heavy (non-hydrogen) atoms. The molecule has 0 heterocycles. The van der Waals surface area contributed by atoms with Crippen molar-refractivity contribution in [2.24, 2.45) is 5.73 Å². The first-order chi connectivity index (χ1) is 10.4. The summed E-state index contributed by atoms with van der Waals surface area (Å²) in [6.07, 6.45) is 0. The summed E-state index contributed by atoms with van der Waals surface area (Å²) in [5.41, 5.74) is 5.31. The number of rotatable bonds is 4. The summed E-state index contributed by atoms with van der Waals surface area (Å²) in [4.78, 5) is 35.0. The van der Waals surface area contributed by atoms with Crippen molar-refractivity contribution in [2.45, 2.75) is 6.92 Å². The van der Waals surface area contributed by atoms with Crippen molar-refractivity contribution in [3.8, 4) is 0 Å². The first kappa shape index (κ1) is 15.4. The maximum absolute atomic E-state index is 13.8. The second-order valence-corrected chi connectivity index (χ2v) is 4.61. The highest BCUT2D eigenvalue weighted by atomic mass is 19.1. The van der Waals surface area contributed by atoms with Crippen molar-refractivity contribution in [2.75, 3.05) is 5.32 Å². The van der Waals surface area contributed by atoms with Gasteiger partial charge in [-0.05, 0) is 30.3 Å². The molecule has 2 aromatic rings. The van der Waals surface area contributed by atoms with Gasteiger partial charge in [-0.1, -0.05) is 12.1 Å². The van der Waals surface area contributed by atoms with Gasteiger partial charge in [0.05, 0.1) is 11.3 Å². The molecule has 5 nitrogen and oxygen atoms in total. The van der Waals surface area contributed by atoms with Crippen LogP contribution in [0.1, 0.15) is 33.2 Å². The van der Waals surface area contributed by atoms with Crippen LogP contribution in [0.25, 0.3) is 0 Å². The number of nitrogens with two attached hydrogens (primary N) is 1. The smallest absolute Gasteiger partial charge is 0.248 e. The van der Waals surface area contributed by atoms with Crippen LogP contribution in [0.3, 0.4) is 0 Å². The number of hydrogen-bond acceptors (Lipinski definition) is 3. The number of amides is 2. The summed E-state index contributed by atoms with van der Waals surface area (Å²) in [5, 5.41) is 2.48. The highest BCUT2D eigenvalue weighted by Crippen LogP contribution is 2.22. The molecule has 0 fully saturated rings. The molecule has 0 bridgehead atoms. The molecule has 0 aliphatic carbocycles. The van der Waals surface area contributed by atoms with Gasteiger partial charge in [0.1, 0.15) is 5.82 Å². The molecule has 0 aliphatic heterocycles. The van der Waals surface area contributed by atoms with Crippen LogP contribution in [0.15, 0.2) is 42.5 Å². The molecule has 2 aromatic carbocycles. The zero-order chi connectivity index (χ0) is 16.3. The predicted molar refractivity (Wildman–Crippen MR) is 79.1 cm³/mol. The van der Waals surface area contributed by atoms with Crippen molar-refractivity contribution in [1.82, 2.24) is 0 Å². The van der Waals surface area contributed by atoms with Crippen LogP contribution in [0, 0.1) is 5.82 Å². The quantitative estimate of drug-likeness (QED) is 0.847. The minimum absolute atomic E-state index is 0.00315. The number of ketones is 1. The molecule has 0 aromatic heterocycles. The normalized spacial score (nSPS) is 10.1. The second-order valence-electron chi connectivity index (χ2n) is 4.61. The van der Waals surface area contributed by atoms with Crippen LogP contribution in [0.5, 0.6) is 0 Å². The molecule has 0 atom stereocenters. The molecule has 0 unspecified atom stereocenters. The van der Waals surface area contributed by atoms with E-state index in [2.05, 4.69) is 5.32 Å². The van der Waals surface area contributed by atoms with E-state index in [-0.39, 0.29) is 22.4 Å². The number of benzene rings is 2. The monoisotopic (exact) mass is 300 g/mol. The van der Waals surface area contributed by atoms with Crippen LogP contribution in [-0.2, 0) is 4.79 Å². The van der Waals surface area contributed by atoms with Crippen LogP contribution in [0.2, 0.25) is 0 Å². The standard InChI is InChI=1S/C16H13FN2O3/c1-9(20)19-14-7-6-10(16(18)22)8-12(14)15(21)11-4-2-3-5-13(11)17/h2-8H,1H3,(H2,18,22)(H,19,20). The number of carbonyl (C=O) groups is 3. The van der Waals surface area contributed by atoms with Crippen molar-refractivity contribution < 1.29 is 18.8 Å². The molecule has 0 saturated carbocycles. The van der Waals surface area contributed by atoms with Gasteiger partial charge < -0.3 is 11.1 Å². The molecule has 0 radical (unpaired) electrons. The lowest BCUT2D eigenvalue weighted by Crippen LogP contribution is -2.16. The fraction of sp³-hybridized carbons (Fsp3) is 0.0625. The maximum Gasteiger partial charge on any atom is 0.248 e. The fourth-order valence-corrected chi connectivity index (χ4v) is 1.97. The molecule has 112 valence electrons. The zero-order valence-corrected chi connectivity index (χ0v) is 11.7. The van der Waals surface area contributed by atoms with E-state index >= 15 is 0 Å². The van der Waals surface area contributed by atoms with Gasteiger partial charge in [0.15, 0.2) is 5.78 Å². The van der Waals surface area contributed by atoms with E-state index in [1.807, 2.05) is 0 Å².